The lowest BCUT2D eigenvalue weighted by molar-refractivity contribution is -0.173. The van der Waals surface area contributed by atoms with Gasteiger partial charge in [0.2, 0.25) is 5.91 Å². The van der Waals surface area contributed by atoms with Crippen LogP contribution >= 0.6 is 0 Å². The van der Waals surface area contributed by atoms with Crippen LogP contribution in [0.5, 0.6) is 0 Å². The highest BCUT2D eigenvalue weighted by atomic mass is 19.1. The summed E-state index contributed by atoms with van der Waals surface area (Å²) in [6.07, 6.45) is -0.126. The number of rotatable bonds is 3. The number of halogens is 1. The quantitative estimate of drug-likeness (QED) is 0.773. The first kappa shape index (κ1) is 16.9. The molecular formula is C19H13FN2O5. The normalized spacial score (nSPS) is 18.9. The smallest absolute Gasteiger partial charge is 0.329 e. The average Bonchev–Trinajstić information content (AvgIpc) is 3.17. The van der Waals surface area contributed by atoms with Crippen molar-refractivity contribution in [3.63, 3.8) is 0 Å². The van der Waals surface area contributed by atoms with Gasteiger partial charge in [-0.3, -0.25) is 14.4 Å². The number of hydrogen-bond donors (Lipinski definition) is 0. The number of amides is 3. The van der Waals surface area contributed by atoms with Crippen molar-refractivity contribution in [1.29, 1.82) is 0 Å². The Balaban J connectivity index is 1.47. The minimum atomic E-state index is -0.845. The Morgan fingerprint density at radius 1 is 0.963 bits per heavy atom. The largest absolute Gasteiger partial charge is 0.338 e. The van der Waals surface area contributed by atoms with Crippen molar-refractivity contribution in [2.24, 2.45) is 5.92 Å². The minimum absolute atomic E-state index is 0.0203. The standard InChI is InChI=1S/C19H13FN2O5/c20-12-5-7-13(8-6-12)21-10-11(9-16(21)23)19(26)27-22-17(24)14-3-1-2-4-15(14)18(22)25/h1-8,11H,9-10H2. The van der Waals surface area contributed by atoms with Gasteiger partial charge < -0.3 is 9.74 Å². The molecule has 2 aliphatic heterocycles. The third-order valence-electron chi connectivity index (χ3n) is 4.53. The summed E-state index contributed by atoms with van der Waals surface area (Å²) >= 11 is 0. The van der Waals surface area contributed by atoms with Gasteiger partial charge in [-0.05, 0) is 36.4 Å². The van der Waals surface area contributed by atoms with Crippen LogP contribution < -0.4 is 4.90 Å². The van der Waals surface area contributed by atoms with Crippen LogP contribution in [0.25, 0.3) is 0 Å². The van der Waals surface area contributed by atoms with E-state index in [0.717, 1.165) is 0 Å². The average molecular weight is 368 g/mol. The zero-order valence-electron chi connectivity index (χ0n) is 13.9. The molecule has 8 heteroatoms. The SMILES string of the molecule is O=C(ON1C(=O)c2ccccc2C1=O)C1CC(=O)N(c2ccc(F)cc2)C1. The number of fused-ring (bicyclic) bond motifs is 1. The molecule has 2 aromatic rings. The predicted molar refractivity (Wildman–Crippen MR) is 89.9 cm³/mol. The zero-order valence-corrected chi connectivity index (χ0v) is 13.9. The van der Waals surface area contributed by atoms with Crippen molar-refractivity contribution in [1.82, 2.24) is 5.06 Å². The third kappa shape index (κ3) is 2.84. The molecule has 1 saturated heterocycles. The molecule has 0 aliphatic carbocycles. The van der Waals surface area contributed by atoms with E-state index < -0.39 is 29.5 Å². The van der Waals surface area contributed by atoms with Gasteiger partial charge in [0, 0.05) is 18.7 Å². The van der Waals surface area contributed by atoms with Crippen LogP contribution in [0, 0.1) is 11.7 Å². The summed E-state index contributed by atoms with van der Waals surface area (Å²) in [6, 6.07) is 11.4. The van der Waals surface area contributed by atoms with E-state index in [1.165, 1.54) is 41.3 Å². The highest BCUT2D eigenvalue weighted by Gasteiger charge is 2.42. The molecule has 4 rings (SSSR count). The molecule has 2 aliphatic rings. The van der Waals surface area contributed by atoms with E-state index in [4.69, 9.17) is 4.84 Å². The van der Waals surface area contributed by atoms with Crippen LogP contribution in [0.15, 0.2) is 48.5 Å². The predicted octanol–water partition coefficient (Wildman–Crippen LogP) is 1.93. The zero-order chi connectivity index (χ0) is 19.1. The minimum Gasteiger partial charge on any atom is -0.329 e. The first-order valence-corrected chi connectivity index (χ1v) is 8.21. The number of imide groups is 1. The third-order valence-corrected chi connectivity index (χ3v) is 4.53. The second-order valence-corrected chi connectivity index (χ2v) is 6.24. The molecule has 1 fully saturated rings. The Bertz CT molecular complexity index is 937. The van der Waals surface area contributed by atoms with E-state index in [-0.39, 0.29) is 30.0 Å². The molecule has 3 amide bonds. The molecule has 2 aromatic carbocycles. The Hall–Kier alpha value is -3.55. The summed E-state index contributed by atoms with van der Waals surface area (Å²) in [6.45, 7) is 0.0203. The number of anilines is 1. The molecule has 0 spiro atoms. The lowest BCUT2D eigenvalue weighted by Crippen LogP contribution is -2.36. The van der Waals surface area contributed by atoms with Gasteiger partial charge in [0.05, 0.1) is 17.0 Å². The highest BCUT2D eigenvalue weighted by Crippen LogP contribution is 2.28. The topological polar surface area (TPSA) is 84.0 Å². The molecule has 7 nitrogen and oxygen atoms in total. The Morgan fingerprint density at radius 3 is 2.15 bits per heavy atom. The van der Waals surface area contributed by atoms with Crippen LogP contribution in [0.2, 0.25) is 0 Å². The maximum atomic E-state index is 13.0. The Morgan fingerprint density at radius 2 is 1.56 bits per heavy atom. The fourth-order valence-corrected chi connectivity index (χ4v) is 3.15. The van der Waals surface area contributed by atoms with Gasteiger partial charge in [0.25, 0.3) is 11.8 Å². The van der Waals surface area contributed by atoms with Crippen LogP contribution in [0.3, 0.4) is 0 Å². The van der Waals surface area contributed by atoms with Crippen molar-refractivity contribution in [2.75, 3.05) is 11.4 Å². The molecule has 27 heavy (non-hydrogen) atoms. The molecule has 0 bridgehead atoms. The van der Waals surface area contributed by atoms with Crippen molar-refractivity contribution in [3.05, 3.63) is 65.5 Å². The summed E-state index contributed by atoms with van der Waals surface area (Å²) in [5, 5.41) is 0.429. The second-order valence-electron chi connectivity index (χ2n) is 6.24. The molecule has 2 heterocycles. The number of nitrogens with zero attached hydrogens (tertiary/aromatic N) is 2. The van der Waals surface area contributed by atoms with Gasteiger partial charge in [-0.15, -0.1) is 0 Å². The lowest BCUT2D eigenvalue weighted by atomic mass is 10.1. The first-order chi connectivity index (χ1) is 13.0. The van der Waals surface area contributed by atoms with E-state index in [0.29, 0.717) is 10.8 Å². The number of benzene rings is 2. The van der Waals surface area contributed by atoms with Crippen molar-refractivity contribution >= 4 is 29.4 Å². The molecule has 0 aromatic heterocycles. The van der Waals surface area contributed by atoms with Gasteiger partial charge >= 0.3 is 5.97 Å². The molecular weight excluding hydrogens is 355 g/mol. The fourth-order valence-electron chi connectivity index (χ4n) is 3.15. The molecule has 0 N–H and O–H groups in total. The van der Waals surface area contributed by atoms with Crippen LogP contribution in [0.4, 0.5) is 10.1 Å². The summed E-state index contributed by atoms with van der Waals surface area (Å²) < 4.78 is 13.0. The Labute approximate surface area is 152 Å². The number of hydrogen-bond acceptors (Lipinski definition) is 5. The lowest BCUT2D eigenvalue weighted by Gasteiger charge is -2.17. The van der Waals surface area contributed by atoms with Crippen molar-refractivity contribution in [3.8, 4) is 0 Å². The van der Waals surface area contributed by atoms with E-state index in [2.05, 4.69) is 0 Å². The maximum Gasteiger partial charge on any atom is 0.338 e. The number of carbonyl (C=O) groups is 4. The van der Waals surface area contributed by atoms with Gasteiger partial charge in [0.15, 0.2) is 0 Å². The van der Waals surface area contributed by atoms with E-state index in [1.807, 2.05) is 0 Å². The monoisotopic (exact) mass is 368 g/mol. The van der Waals surface area contributed by atoms with Gasteiger partial charge in [0.1, 0.15) is 5.82 Å². The van der Waals surface area contributed by atoms with Crippen LogP contribution in [-0.2, 0) is 14.4 Å². The molecule has 0 radical (unpaired) electrons. The van der Waals surface area contributed by atoms with Gasteiger partial charge in [-0.2, -0.15) is 0 Å². The van der Waals surface area contributed by atoms with Crippen LogP contribution in [-0.4, -0.2) is 35.3 Å². The van der Waals surface area contributed by atoms with E-state index in [1.54, 1.807) is 12.1 Å². The molecule has 136 valence electrons. The highest BCUT2D eigenvalue weighted by molar-refractivity contribution is 6.21. The maximum absolute atomic E-state index is 13.0. The van der Waals surface area contributed by atoms with E-state index >= 15 is 0 Å². The summed E-state index contributed by atoms with van der Waals surface area (Å²) in [7, 11) is 0. The molecule has 1 unspecified atom stereocenters. The second kappa shape index (κ2) is 6.31. The summed E-state index contributed by atoms with van der Waals surface area (Å²) in [4.78, 5) is 55.5. The number of hydroxylamine groups is 2. The van der Waals surface area contributed by atoms with Crippen LogP contribution in [0.1, 0.15) is 27.1 Å². The van der Waals surface area contributed by atoms with Gasteiger partial charge in [-0.25, -0.2) is 9.18 Å². The molecule has 1 atom stereocenters. The fraction of sp³-hybridized carbons (Fsp3) is 0.158. The number of carbonyl (C=O) groups excluding carboxylic acids is 4. The summed E-state index contributed by atoms with van der Waals surface area (Å²) in [5.41, 5.74) is 0.772. The Kier molecular flexibility index (Phi) is 3.95. The first-order valence-electron chi connectivity index (χ1n) is 8.21. The van der Waals surface area contributed by atoms with Gasteiger partial charge in [-0.1, -0.05) is 17.2 Å². The molecule has 0 saturated carbocycles. The van der Waals surface area contributed by atoms with E-state index in [9.17, 15) is 23.6 Å². The summed E-state index contributed by atoms with van der Waals surface area (Å²) in [5.74, 6) is -3.89. The van der Waals surface area contributed by atoms with Crippen molar-refractivity contribution in [2.45, 2.75) is 6.42 Å². The van der Waals surface area contributed by atoms with Crippen molar-refractivity contribution < 1.29 is 28.4 Å².